The molecule has 0 saturated carbocycles. The molecule has 1 heterocycles. The van der Waals surface area contributed by atoms with E-state index in [4.69, 9.17) is 0 Å². The quantitative estimate of drug-likeness (QED) is 0.803. The van der Waals surface area contributed by atoms with Crippen LogP contribution in [0.5, 0.6) is 0 Å². The van der Waals surface area contributed by atoms with E-state index in [0.29, 0.717) is 11.4 Å². The van der Waals surface area contributed by atoms with Crippen molar-refractivity contribution in [1.29, 1.82) is 0 Å². The fraction of sp³-hybridized carbons (Fsp3) is 0.200. The summed E-state index contributed by atoms with van der Waals surface area (Å²) in [6.07, 6.45) is 1.03. The average Bonchev–Trinajstić information content (AvgIpc) is 2.41. The smallest absolute Gasteiger partial charge is 0.323 e. The van der Waals surface area contributed by atoms with Gasteiger partial charge in [-0.05, 0) is 43.7 Å². The molecule has 5 heteroatoms. The molecule has 1 aromatic heterocycles. The Hall–Kier alpha value is -2.40. The van der Waals surface area contributed by atoms with Gasteiger partial charge in [0.25, 0.3) is 0 Å². The van der Waals surface area contributed by atoms with Crippen LogP contribution < -0.4 is 10.6 Å². The number of aliphatic hydroxyl groups excluding tert-OH is 1. The number of aromatic nitrogens is 1. The number of benzene rings is 1. The molecule has 0 bridgehead atoms. The zero-order valence-electron chi connectivity index (χ0n) is 11.4. The molecule has 2 aromatic rings. The highest BCUT2D eigenvalue weighted by Crippen LogP contribution is 2.17. The maximum Gasteiger partial charge on any atom is 0.323 e. The summed E-state index contributed by atoms with van der Waals surface area (Å²) in [5.41, 5.74) is 2.89. The summed E-state index contributed by atoms with van der Waals surface area (Å²) in [6, 6.07) is 10.3. The van der Waals surface area contributed by atoms with E-state index >= 15 is 0 Å². The predicted octanol–water partition coefficient (Wildman–Crippen LogP) is 3.09. The van der Waals surface area contributed by atoms with Gasteiger partial charge in [0.05, 0.1) is 18.0 Å². The minimum atomic E-state index is -0.568. The molecule has 0 fully saturated rings. The second-order valence-corrected chi connectivity index (χ2v) is 4.57. The number of hydrogen-bond acceptors (Lipinski definition) is 3. The van der Waals surface area contributed by atoms with E-state index in [1.54, 1.807) is 43.5 Å². The standard InChI is InChI=1S/C15H17N3O2/c1-10-6-7-14(9-16-10)18-15(20)17-13-5-3-4-12(8-13)11(2)19/h3-9,11,19H,1-2H3,(H2,17,18,20). The highest BCUT2D eigenvalue weighted by Gasteiger charge is 2.05. The number of rotatable bonds is 3. The van der Waals surface area contributed by atoms with Crippen molar-refractivity contribution < 1.29 is 9.90 Å². The zero-order valence-corrected chi connectivity index (χ0v) is 11.4. The summed E-state index contributed by atoms with van der Waals surface area (Å²) in [7, 11) is 0. The second-order valence-electron chi connectivity index (χ2n) is 4.57. The normalized spacial score (nSPS) is 11.8. The van der Waals surface area contributed by atoms with Gasteiger partial charge in [-0.1, -0.05) is 12.1 Å². The van der Waals surface area contributed by atoms with Crippen molar-refractivity contribution in [3.8, 4) is 0 Å². The van der Waals surface area contributed by atoms with E-state index in [0.717, 1.165) is 11.3 Å². The number of hydrogen-bond donors (Lipinski definition) is 3. The van der Waals surface area contributed by atoms with Gasteiger partial charge in [-0.3, -0.25) is 4.98 Å². The lowest BCUT2D eigenvalue weighted by Crippen LogP contribution is -2.19. The van der Waals surface area contributed by atoms with Crippen LogP contribution in [0.3, 0.4) is 0 Å². The Morgan fingerprint density at radius 1 is 1.20 bits per heavy atom. The van der Waals surface area contributed by atoms with Crippen molar-refractivity contribution in [1.82, 2.24) is 4.98 Å². The summed E-state index contributed by atoms with van der Waals surface area (Å²) in [5.74, 6) is 0. The maximum absolute atomic E-state index is 11.8. The van der Waals surface area contributed by atoms with Gasteiger partial charge in [0.15, 0.2) is 0 Å². The minimum Gasteiger partial charge on any atom is -0.389 e. The largest absolute Gasteiger partial charge is 0.389 e. The van der Waals surface area contributed by atoms with Gasteiger partial charge >= 0.3 is 6.03 Å². The molecule has 104 valence electrons. The summed E-state index contributed by atoms with van der Waals surface area (Å²) in [4.78, 5) is 15.9. The third kappa shape index (κ3) is 3.80. The fourth-order valence-corrected chi connectivity index (χ4v) is 1.71. The van der Waals surface area contributed by atoms with E-state index in [9.17, 15) is 9.90 Å². The van der Waals surface area contributed by atoms with Gasteiger partial charge in [-0.15, -0.1) is 0 Å². The molecule has 0 radical (unpaired) electrons. The Bertz CT molecular complexity index is 594. The zero-order chi connectivity index (χ0) is 14.5. The highest BCUT2D eigenvalue weighted by molar-refractivity contribution is 5.99. The third-order valence-electron chi connectivity index (χ3n) is 2.80. The lowest BCUT2D eigenvalue weighted by molar-refractivity contribution is 0.199. The number of urea groups is 1. The third-order valence-corrected chi connectivity index (χ3v) is 2.80. The fourth-order valence-electron chi connectivity index (χ4n) is 1.71. The van der Waals surface area contributed by atoms with Gasteiger partial charge in [0.1, 0.15) is 0 Å². The first-order valence-electron chi connectivity index (χ1n) is 6.33. The number of carbonyl (C=O) groups excluding carboxylic acids is 1. The molecule has 0 aliphatic carbocycles. The summed E-state index contributed by atoms with van der Waals surface area (Å²) < 4.78 is 0. The van der Waals surface area contributed by atoms with E-state index in [-0.39, 0.29) is 6.03 Å². The number of anilines is 2. The van der Waals surface area contributed by atoms with Crippen LogP contribution >= 0.6 is 0 Å². The van der Waals surface area contributed by atoms with Crippen LogP contribution in [0, 0.1) is 6.92 Å². The molecule has 0 spiro atoms. The van der Waals surface area contributed by atoms with Crippen molar-refractivity contribution in [3.63, 3.8) is 0 Å². The average molecular weight is 271 g/mol. The molecule has 1 aromatic carbocycles. The summed E-state index contributed by atoms with van der Waals surface area (Å²) in [5, 5.41) is 14.9. The maximum atomic E-state index is 11.8. The van der Waals surface area contributed by atoms with Crippen LogP contribution in [0.25, 0.3) is 0 Å². The van der Waals surface area contributed by atoms with Gasteiger partial charge in [-0.2, -0.15) is 0 Å². The lowest BCUT2D eigenvalue weighted by Gasteiger charge is -2.10. The number of amides is 2. The number of aliphatic hydroxyl groups is 1. The molecular formula is C15H17N3O2. The number of aryl methyl sites for hydroxylation is 1. The van der Waals surface area contributed by atoms with Gasteiger partial charge in [0.2, 0.25) is 0 Å². The number of nitrogens with zero attached hydrogens (tertiary/aromatic N) is 1. The van der Waals surface area contributed by atoms with Crippen molar-refractivity contribution in [2.24, 2.45) is 0 Å². The Balaban J connectivity index is 2.01. The van der Waals surface area contributed by atoms with Gasteiger partial charge in [0, 0.05) is 11.4 Å². The Morgan fingerprint density at radius 3 is 2.60 bits per heavy atom. The number of nitrogens with one attached hydrogen (secondary N) is 2. The molecule has 5 nitrogen and oxygen atoms in total. The Kier molecular flexibility index (Phi) is 4.32. The topological polar surface area (TPSA) is 74.2 Å². The van der Waals surface area contributed by atoms with Crippen LogP contribution in [-0.2, 0) is 0 Å². The van der Waals surface area contributed by atoms with Crippen LogP contribution in [0.1, 0.15) is 24.3 Å². The molecule has 2 amide bonds. The van der Waals surface area contributed by atoms with E-state index in [2.05, 4.69) is 15.6 Å². The highest BCUT2D eigenvalue weighted by atomic mass is 16.3. The van der Waals surface area contributed by atoms with Crippen LogP contribution in [0.15, 0.2) is 42.6 Å². The molecule has 20 heavy (non-hydrogen) atoms. The summed E-state index contributed by atoms with van der Waals surface area (Å²) >= 11 is 0. The van der Waals surface area contributed by atoms with E-state index in [1.165, 1.54) is 0 Å². The van der Waals surface area contributed by atoms with E-state index < -0.39 is 6.10 Å². The molecule has 0 aliphatic rings. The molecule has 1 unspecified atom stereocenters. The monoisotopic (exact) mass is 271 g/mol. The van der Waals surface area contributed by atoms with Crippen LogP contribution in [-0.4, -0.2) is 16.1 Å². The second kappa shape index (κ2) is 6.16. The number of carbonyl (C=O) groups is 1. The SMILES string of the molecule is Cc1ccc(NC(=O)Nc2cccc(C(C)O)c2)cn1. The Labute approximate surface area is 117 Å². The van der Waals surface area contributed by atoms with Crippen molar-refractivity contribution in [3.05, 3.63) is 53.9 Å². The van der Waals surface area contributed by atoms with Gasteiger partial charge in [-0.25, -0.2) is 4.79 Å². The summed E-state index contributed by atoms with van der Waals surface area (Å²) in [6.45, 7) is 3.56. The van der Waals surface area contributed by atoms with Gasteiger partial charge < -0.3 is 15.7 Å². The number of pyridine rings is 1. The minimum absolute atomic E-state index is 0.349. The first-order chi connectivity index (χ1) is 9.54. The predicted molar refractivity (Wildman–Crippen MR) is 78.7 cm³/mol. The van der Waals surface area contributed by atoms with Crippen molar-refractivity contribution in [2.75, 3.05) is 10.6 Å². The molecule has 1 atom stereocenters. The lowest BCUT2D eigenvalue weighted by atomic mass is 10.1. The van der Waals surface area contributed by atoms with Crippen LogP contribution in [0.4, 0.5) is 16.2 Å². The first kappa shape index (κ1) is 14.0. The Morgan fingerprint density at radius 2 is 1.95 bits per heavy atom. The first-order valence-corrected chi connectivity index (χ1v) is 6.33. The van der Waals surface area contributed by atoms with Crippen molar-refractivity contribution >= 4 is 17.4 Å². The molecule has 0 saturated heterocycles. The molecule has 0 aliphatic heterocycles. The van der Waals surface area contributed by atoms with Crippen molar-refractivity contribution in [2.45, 2.75) is 20.0 Å². The molecule has 3 N–H and O–H groups in total. The molecule has 2 rings (SSSR count). The van der Waals surface area contributed by atoms with E-state index in [1.807, 2.05) is 13.0 Å². The molecular weight excluding hydrogens is 254 g/mol. The van der Waals surface area contributed by atoms with Crippen LogP contribution in [0.2, 0.25) is 0 Å².